The van der Waals surface area contributed by atoms with E-state index >= 15 is 0 Å². The van der Waals surface area contributed by atoms with Gasteiger partial charge in [-0.1, -0.05) is 33.8 Å². The van der Waals surface area contributed by atoms with Crippen LogP contribution >= 0.6 is 0 Å². The van der Waals surface area contributed by atoms with Crippen LogP contribution < -0.4 is 0 Å². The molecule has 0 aliphatic heterocycles. The quantitative estimate of drug-likeness (QED) is 0.490. The van der Waals surface area contributed by atoms with Gasteiger partial charge in [-0.2, -0.15) is 0 Å². The molecule has 0 unspecified atom stereocenters. The molecule has 0 aromatic carbocycles. The molecule has 3 heteroatoms. The Morgan fingerprint density at radius 2 is 2.13 bits per heavy atom. The van der Waals surface area contributed by atoms with Crippen LogP contribution in [0.5, 0.6) is 0 Å². The molecule has 0 atom stereocenters. The van der Waals surface area contributed by atoms with Crippen LogP contribution in [-0.4, -0.2) is 24.2 Å². The van der Waals surface area contributed by atoms with Crippen molar-refractivity contribution in [3.8, 4) is 0 Å². The molecular formula is C12H22N2O. The first-order valence-corrected chi connectivity index (χ1v) is 5.33. The third-order valence-electron chi connectivity index (χ3n) is 2.28. The highest BCUT2D eigenvalue weighted by molar-refractivity contribution is 5.89. The molecule has 0 spiro atoms. The van der Waals surface area contributed by atoms with E-state index < -0.39 is 0 Å². The van der Waals surface area contributed by atoms with Gasteiger partial charge < -0.3 is 0 Å². The second kappa shape index (κ2) is 6.38. The number of aliphatic imine (C=N–C) groups is 1. The summed E-state index contributed by atoms with van der Waals surface area (Å²) in [7, 11) is 1.64. The SMILES string of the molecule is C=CN(C=NC)C(=O)CC(C)(C)CCC. The van der Waals surface area contributed by atoms with Gasteiger partial charge in [-0.3, -0.25) is 14.7 Å². The fourth-order valence-electron chi connectivity index (χ4n) is 1.60. The Labute approximate surface area is 92.9 Å². The summed E-state index contributed by atoms with van der Waals surface area (Å²) in [6.07, 6.45) is 5.66. The Balaban J connectivity index is 4.39. The zero-order valence-corrected chi connectivity index (χ0v) is 10.3. The van der Waals surface area contributed by atoms with Gasteiger partial charge in [-0.05, 0) is 11.8 Å². The molecule has 0 aliphatic carbocycles. The normalized spacial score (nSPS) is 11.7. The van der Waals surface area contributed by atoms with Crippen LogP contribution in [0.25, 0.3) is 0 Å². The maximum Gasteiger partial charge on any atom is 0.232 e. The lowest BCUT2D eigenvalue weighted by Crippen LogP contribution is -2.29. The van der Waals surface area contributed by atoms with Crippen molar-refractivity contribution in [3.63, 3.8) is 0 Å². The molecule has 0 aromatic heterocycles. The number of hydrogen-bond acceptors (Lipinski definition) is 2. The highest BCUT2D eigenvalue weighted by Crippen LogP contribution is 2.27. The van der Waals surface area contributed by atoms with E-state index in [1.54, 1.807) is 7.05 Å². The van der Waals surface area contributed by atoms with Gasteiger partial charge >= 0.3 is 0 Å². The maximum absolute atomic E-state index is 11.8. The largest absolute Gasteiger partial charge is 0.279 e. The molecule has 0 bridgehead atoms. The Bertz CT molecular complexity index is 244. The average Bonchev–Trinajstić information content (AvgIpc) is 2.12. The van der Waals surface area contributed by atoms with Crippen molar-refractivity contribution in [1.82, 2.24) is 4.90 Å². The zero-order valence-electron chi connectivity index (χ0n) is 10.3. The van der Waals surface area contributed by atoms with Gasteiger partial charge in [0.25, 0.3) is 0 Å². The van der Waals surface area contributed by atoms with Crippen molar-refractivity contribution < 1.29 is 4.79 Å². The lowest BCUT2D eigenvalue weighted by molar-refractivity contribution is -0.127. The maximum atomic E-state index is 11.8. The predicted octanol–water partition coefficient (Wildman–Crippen LogP) is 2.83. The molecule has 86 valence electrons. The number of carbonyl (C=O) groups is 1. The summed E-state index contributed by atoms with van der Waals surface area (Å²) in [6, 6.07) is 0. The monoisotopic (exact) mass is 210 g/mol. The summed E-state index contributed by atoms with van der Waals surface area (Å²) in [4.78, 5) is 17.1. The van der Waals surface area contributed by atoms with E-state index in [1.807, 2.05) is 0 Å². The Kier molecular flexibility index (Phi) is 5.90. The standard InChI is InChI=1S/C12H22N2O/c1-6-8-12(3,4)9-11(15)14(7-2)10-13-5/h7,10H,2,6,8-9H2,1,3-5H3. The highest BCUT2D eigenvalue weighted by atomic mass is 16.2. The molecule has 3 nitrogen and oxygen atoms in total. The second-order valence-electron chi connectivity index (χ2n) is 4.45. The third kappa shape index (κ3) is 5.35. The smallest absolute Gasteiger partial charge is 0.232 e. The molecule has 0 aliphatic rings. The van der Waals surface area contributed by atoms with E-state index in [4.69, 9.17) is 0 Å². The van der Waals surface area contributed by atoms with Crippen LogP contribution in [0.15, 0.2) is 17.8 Å². The highest BCUT2D eigenvalue weighted by Gasteiger charge is 2.22. The Hall–Kier alpha value is -1.12. The molecule has 0 saturated heterocycles. The summed E-state index contributed by atoms with van der Waals surface area (Å²) < 4.78 is 0. The van der Waals surface area contributed by atoms with Crippen molar-refractivity contribution in [2.75, 3.05) is 7.05 Å². The van der Waals surface area contributed by atoms with Crippen molar-refractivity contribution in [3.05, 3.63) is 12.8 Å². The molecule has 0 N–H and O–H groups in total. The van der Waals surface area contributed by atoms with E-state index in [0.717, 1.165) is 12.8 Å². The first kappa shape index (κ1) is 13.9. The van der Waals surface area contributed by atoms with Crippen molar-refractivity contribution in [2.45, 2.75) is 40.0 Å². The number of nitrogens with zero attached hydrogens (tertiary/aromatic N) is 2. The summed E-state index contributed by atoms with van der Waals surface area (Å²) in [6.45, 7) is 9.94. The molecular weight excluding hydrogens is 188 g/mol. The fourth-order valence-corrected chi connectivity index (χ4v) is 1.60. The van der Waals surface area contributed by atoms with Gasteiger partial charge in [0.05, 0.1) is 6.34 Å². The predicted molar refractivity (Wildman–Crippen MR) is 64.8 cm³/mol. The minimum atomic E-state index is 0.0500. The van der Waals surface area contributed by atoms with Crippen LogP contribution in [-0.2, 0) is 4.79 Å². The fraction of sp³-hybridized carbons (Fsp3) is 0.667. The van der Waals surface area contributed by atoms with E-state index in [9.17, 15) is 4.79 Å². The molecule has 0 fully saturated rings. The lowest BCUT2D eigenvalue weighted by atomic mass is 9.84. The summed E-state index contributed by atoms with van der Waals surface area (Å²) in [5.41, 5.74) is 0.0503. The van der Waals surface area contributed by atoms with E-state index in [0.29, 0.717) is 6.42 Å². The molecule has 0 saturated carbocycles. The van der Waals surface area contributed by atoms with Crippen molar-refractivity contribution in [2.24, 2.45) is 10.4 Å². The minimum absolute atomic E-state index is 0.0500. The van der Waals surface area contributed by atoms with Crippen LogP contribution in [0, 0.1) is 5.41 Å². The Morgan fingerprint density at radius 1 is 1.53 bits per heavy atom. The lowest BCUT2D eigenvalue weighted by Gasteiger charge is -2.25. The van der Waals surface area contributed by atoms with E-state index in [1.165, 1.54) is 17.4 Å². The van der Waals surface area contributed by atoms with Crippen LogP contribution in [0.1, 0.15) is 40.0 Å². The van der Waals surface area contributed by atoms with Crippen LogP contribution in [0.4, 0.5) is 0 Å². The van der Waals surface area contributed by atoms with Gasteiger partial charge in [0, 0.05) is 19.7 Å². The van der Waals surface area contributed by atoms with Gasteiger partial charge in [-0.15, -0.1) is 0 Å². The second-order valence-corrected chi connectivity index (χ2v) is 4.45. The first-order valence-electron chi connectivity index (χ1n) is 5.33. The van der Waals surface area contributed by atoms with Gasteiger partial charge in [0.1, 0.15) is 0 Å². The minimum Gasteiger partial charge on any atom is -0.279 e. The average molecular weight is 210 g/mol. The Morgan fingerprint density at radius 3 is 2.53 bits per heavy atom. The van der Waals surface area contributed by atoms with Gasteiger partial charge in [0.15, 0.2) is 0 Å². The molecule has 15 heavy (non-hydrogen) atoms. The molecule has 0 heterocycles. The first-order chi connectivity index (χ1) is 6.96. The number of carbonyl (C=O) groups excluding carboxylic acids is 1. The van der Waals surface area contributed by atoms with E-state index in [-0.39, 0.29) is 11.3 Å². The van der Waals surface area contributed by atoms with Crippen molar-refractivity contribution >= 4 is 12.2 Å². The van der Waals surface area contributed by atoms with Gasteiger partial charge in [-0.25, -0.2) is 0 Å². The molecule has 0 rings (SSSR count). The zero-order chi connectivity index (χ0) is 11.9. The molecule has 0 aromatic rings. The van der Waals surface area contributed by atoms with Gasteiger partial charge in [0.2, 0.25) is 5.91 Å². The topological polar surface area (TPSA) is 32.7 Å². The van der Waals surface area contributed by atoms with Crippen LogP contribution in [0.2, 0.25) is 0 Å². The number of rotatable bonds is 6. The third-order valence-corrected chi connectivity index (χ3v) is 2.28. The van der Waals surface area contributed by atoms with Crippen molar-refractivity contribution in [1.29, 1.82) is 0 Å². The summed E-state index contributed by atoms with van der Waals surface area (Å²) in [5.74, 6) is 0.0500. The van der Waals surface area contributed by atoms with Crippen LogP contribution in [0.3, 0.4) is 0 Å². The summed E-state index contributed by atoms with van der Waals surface area (Å²) >= 11 is 0. The van der Waals surface area contributed by atoms with E-state index in [2.05, 4.69) is 32.3 Å². The number of amides is 1. The molecule has 0 radical (unpaired) electrons. The summed E-state index contributed by atoms with van der Waals surface area (Å²) in [5, 5.41) is 0. The number of hydrogen-bond donors (Lipinski definition) is 0. The molecule has 1 amide bonds.